The summed E-state index contributed by atoms with van der Waals surface area (Å²) in [6.07, 6.45) is 1.25. The van der Waals surface area contributed by atoms with E-state index in [2.05, 4.69) is 4.98 Å². The van der Waals surface area contributed by atoms with Crippen molar-refractivity contribution in [3.05, 3.63) is 34.1 Å². The molecule has 5 heteroatoms. The van der Waals surface area contributed by atoms with Gasteiger partial charge in [0.2, 0.25) is 0 Å². The van der Waals surface area contributed by atoms with Crippen molar-refractivity contribution in [3.63, 3.8) is 0 Å². The van der Waals surface area contributed by atoms with Gasteiger partial charge in [-0.15, -0.1) is 12.4 Å². The lowest BCUT2D eigenvalue weighted by Gasteiger charge is -1.89. The van der Waals surface area contributed by atoms with E-state index in [1.54, 1.807) is 13.0 Å². The molecule has 0 radical (unpaired) electrons. The zero-order valence-corrected chi connectivity index (χ0v) is 6.67. The van der Waals surface area contributed by atoms with Crippen LogP contribution < -0.4 is 0 Å². The molecule has 11 heavy (non-hydrogen) atoms. The predicted molar refractivity (Wildman–Crippen MR) is 42.9 cm³/mol. The second-order valence-electron chi connectivity index (χ2n) is 1.91. The monoisotopic (exact) mass is 174 g/mol. The third kappa shape index (κ3) is 2.51. The SMILES string of the molecule is Cc1ccc([N+](=O)[O-])cn1.Cl. The zero-order valence-electron chi connectivity index (χ0n) is 5.85. The third-order valence-electron chi connectivity index (χ3n) is 1.11. The molecule has 0 saturated heterocycles. The van der Waals surface area contributed by atoms with Gasteiger partial charge >= 0.3 is 0 Å². The Hall–Kier alpha value is -1.16. The van der Waals surface area contributed by atoms with Gasteiger partial charge in [0.05, 0.1) is 4.92 Å². The van der Waals surface area contributed by atoms with Crippen LogP contribution in [-0.4, -0.2) is 9.91 Å². The Bertz CT molecular complexity index is 247. The van der Waals surface area contributed by atoms with Gasteiger partial charge in [0, 0.05) is 11.8 Å². The molecule has 0 spiro atoms. The molecule has 0 aliphatic carbocycles. The summed E-state index contributed by atoms with van der Waals surface area (Å²) >= 11 is 0. The lowest BCUT2D eigenvalue weighted by atomic mass is 10.3. The number of nitro groups is 1. The zero-order chi connectivity index (χ0) is 7.56. The van der Waals surface area contributed by atoms with Gasteiger partial charge < -0.3 is 0 Å². The lowest BCUT2D eigenvalue weighted by molar-refractivity contribution is -0.385. The maximum atomic E-state index is 10.1. The molecule has 1 aromatic rings. The van der Waals surface area contributed by atoms with Crippen molar-refractivity contribution in [3.8, 4) is 0 Å². The van der Waals surface area contributed by atoms with Crippen LogP contribution in [0.4, 0.5) is 5.69 Å². The fourth-order valence-corrected chi connectivity index (χ4v) is 0.568. The summed E-state index contributed by atoms with van der Waals surface area (Å²) in [5.74, 6) is 0. The second kappa shape index (κ2) is 3.88. The van der Waals surface area contributed by atoms with Crippen LogP contribution >= 0.6 is 12.4 Å². The topological polar surface area (TPSA) is 56.0 Å². The molecule has 0 aliphatic heterocycles. The van der Waals surface area contributed by atoms with Crippen LogP contribution in [0, 0.1) is 17.0 Å². The Labute approximate surface area is 69.8 Å². The molecule has 1 heterocycles. The highest BCUT2D eigenvalue weighted by Crippen LogP contribution is 2.07. The highest BCUT2D eigenvalue weighted by molar-refractivity contribution is 5.85. The van der Waals surface area contributed by atoms with Gasteiger partial charge in [-0.05, 0) is 13.0 Å². The summed E-state index contributed by atoms with van der Waals surface area (Å²) in [4.78, 5) is 13.4. The molecule has 0 unspecified atom stereocenters. The summed E-state index contributed by atoms with van der Waals surface area (Å²) in [7, 11) is 0. The fourth-order valence-electron chi connectivity index (χ4n) is 0.568. The van der Waals surface area contributed by atoms with Crippen LogP contribution in [0.5, 0.6) is 0 Å². The number of rotatable bonds is 1. The summed E-state index contributed by atoms with van der Waals surface area (Å²) < 4.78 is 0. The minimum absolute atomic E-state index is 0. The van der Waals surface area contributed by atoms with E-state index < -0.39 is 4.92 Å². The van der Waals surface area contributed by atoms with E-state index in [-0.39, 0.29) is 18.1 Å². The molecule has 0 saturated carbocycles. The Morgan fingerprint density at radius 3 is 2.55 bits per heavy atom. The lowest BCUT2D eigenvalue weighted by Crippen LogP contribution is -1.88. The van der Waals surface area contributed by atoms with Crippen LogP contribution in [0.3, 0.4) is 0 Å². The number of nitrogens with zero attached hydrogens (tertiary/aromatic N) is 2. The van der Waals surface area contributed by atoms with E-state index in [0.29, 0.717) is 0 Å². The molecule has 0 amide bonds. The summed E-state index contributed by atoms with van der Waals surface area (Å²) in [5, 5.41) is 10.1. The van der Waals surface area contributed by atoms with E-state index >= 15 is 0 Å². The van der Waals surface area contributed by atoms with Crippen molar-refractivity contribution in [2.75, 3.05) is 0 Å². The first-order valence-corrected chi connectivity index (χ1v) is 2.77. The minimum Gasteiger partial charge on any atom is -0.258 e. The standard InChI is InChI=1S/C6H6N2O2.ClH/c1-5-2-3-6(4-7-5)8(9)10;/h2-4H,1H3;1H. The average molecular weight is 175 g/mol. The average Bonchev–Trinajstić information content (AvgIpc) is 1.88. The Morgan fingerprint density at radius 1 is 1.55 bits per heavy atom. The third-order valence-corrected chi connectivity index (χ3v) is 1.11. The molecular weight excluding hydrogens is 168 g/mol. The van der Waals surface area contributed by atoms with Crippen molar-refractivity contribution < 1.29 is 4.92 Å². The molecule has 0 fully saturated rings. The van der Waals surface area contributed by atoms with Gasteiger partial charge in [-0.3, -0.25) is 15.1 Å². The molecule has 4 nitrogen and oxygen atoms in total. The normalized spacial score (nSPS) is 8.45. The number of halogens is 1. The van der Waals surface area contributed by atoms with E-state index in [9.17, 15) is 10.1 Å². The number of aryl methyl sites for hydroxylation is 1. The first-order valence-electron chi connectivity index (χ1n) is 2.77. The Kier molecular flexibility index (Phi) is 3.47. The van der Waals surface area contributed by atoms with Gasteiger partial charge in [-0.2, -0.15) is 0 Å². The highest BCUT2D eigenvalue weighted by Gasteiger charge is 2.01. The van der Waals surface area contributed by atoms with Crippen LogP contribution in [-0.2, 0) is 0 Å². The quantitative estimate of drug-likeness (QED) is 0.481. The van der Waals surface area contributed by atoms with Gasteiger partial charge in [0.1, 0.15) is 6.20 Å². The van der Waals surface area contributed by atoms with Crippen LogP contribution in [0.15, 0.2) is 18.3 Å². The van der Waals surface area contributed by atoms with E-state index in [4.69, 9.17) is 0 Å². The van der Waals surface area contributed by atoms with Crippen molar-refractivity contribution >= 4 is 18.1 Å². The van der Waals surface area contributed by atoms with Crippen molar-refractivity contribution in [2.45, 2.75) is 6.92 Å². The first-order chi connectivity index (χ1) is 4.70. The van der Waals surface area contributed by atoms with Gasteiger partial charge in [0.25, 0.3) is 5.69 Å². The first kappa shape index (κ1) is 9.84. The summed E-state index contributed by atoms with van der Waals surface area (Å²) in [5.41, 5.74) is 0.816. The van der Waals surface area contributed by atoms with E-state index in [1.165, 1.54) is 12.3 Å². The molecule has 0 aliphatic rings. The Morgan fingerprint density at radius 2 is 2.18 bits per heavy atom. The number of pyridine rings is 1. The largest absolute Gasteiger partial charge is 0.287 e. The molecule has 0 atom stereocenters. The summed E-state index contributed by atoms with van der Waals surface area (Å²) in [6, 6.07) is 3.04. The minimum atomic E-state index is -0.466. The predicted octanol–water partition coefficient (Wildman–Crippen LogP) is 1.72. The molecule has 1 rings (SSSR count). The maximum absolute atomic E-state index is 10.1. The van der Waals surface area contributed by atoms with Crippen molar-refractivity contribution in [1.82, 2.24) is 4.98 Å². The van der Waals surface area contributed by atoms with Gasteiger partial charge in [-0.1, -0.05) is 0 Å². The second-order valence-corrected chi connectivity index (χ2v) is 1.91. The number of hydrogen-bond acceptors (Lipinski definition) is 3. The van der Waals surface area contributed by atoms with Crippen molar-refractivity contribution in [1.29, 1.82) is 0 Å². The number of hydrogen-bond donors (Lipinski definition) is 0. The van der Waals surface area contributed by atoms with E-state index in [0.717, 1.165) is 5.69 Å². The maximum Gasteiger partial charge on any atom is 0.287 e. The van der Waals surface area contributed by atoms with Crippen molar-refractivity contribution in [2.24, 2.45) is 0 Å². The van der Waals surface area contributed by atoms with E-state index in [1.807, 2.05) is 0 Å². The molecule has 60 valence electrons. The number of aromatic nitrogens is 1. The van der Waals surface area contributed by atoms with Crippen LogP contribution in [0.25, 0.3) is 0 Å². The smallest absolute Gasteiger partial charge is 0.258 e. The van der Waals surface area contributed by atoms with Gasteiger partial charge in [0.15, 0.2) is 0 Å². The molecule has 1 aromatic heterocycles. The molecule has 0 bridgehead atoms. The van der Waals surface area contributed by atoms with Crippen LogP contribution in [0.1, 0.15) is 5.69 Å². The fraction of sp³-hybridized carbons (Fsp3) is 0.167. The molecular formula is C6H7ClN2O2. The highest BCUT2D eigenvalue weighted by atomic mass is 35.5. The summed E-state index contributed by atoms with van der Waals surface area (Å²) in [6.45, 7) is 1.78. The molecule has 0 N–H and O–H groups in total. The molecule has 0 aromatic carbocycles. The Balaban J connectivity index is 0.000001000. The van der Waals surface area contributed by atoms with Crippen LogP contribution in [0.2, 0.25) is 0 Å². The van der Waals surface area contributed by atoms with Gasteiger partial charge in [-0.25, -0.2) is 0 Å².